The number of hydrogen-bond acceptors (Lipinski definition) is 4. The summed E-state index contributed by atoms with van der Waals surface area (Å²) in [5.41, 5.74) is 7.40. The zero-order valence-corrected chi connectivity index (χ0v) is 11.5. The van der Waals surface area contributed by atoms with Gasteiger partial charge in [-0.2, -0.15) is 0 Å². The van der Waals surface area contributed by atoms with E-state index < -0.39 is 4.92 Å². The number of nitro benzene ring substituents is 1. The molecule has 0 fully saturated rings. The number of nitrogens with one attached hydrogen (secondary N) is 1. The Morgan fingerprint density at radius 2 is 2.05 bits per heavy atom. The van der Waals surface area contributed by atoms with Gasteiger partial charge in [0, 0.05) is 17.3 Å². The maximum absolute atomic E-state index is 12.1. The molecule has 0 atom stereocenters. The third-order valence-electron chi connectivity index (χ3n) is 3.08. The van der Waals surface area contributed by atoms with Crippen LogP contribution in [0.25, 0.3) is 0 Å². The zero-order valence-electron chi connectivity index (χ0n) is 11.5. The molecule has 0 heterocycles. The number of benzene rings is 2. The van der Waals surface area contributed by atoms with E-state index in [0.717, 1.165) is 12.0 Å². The predicted molar refractivity (Wildman–Crippen MR) is 81.3 cm³/mol. The molecule has 0 saturated carbocycles. The number of amides is 1. The van der Waals surface area contributed by atoms with Crippen LogP contribution in [0.3, 0.4) is 0 Å². The van der Waals surface area contributed by atoms with Crippen LogP contribution in [0.2, 0.25) is 0 Å². The molecule has 2 rings (SSSR count). The summed E-state index contributed by atoms with van der Waals surface area (Å²) in [5.74, 6) is -0.357. The summed E-state index contributed by atoms with van der Waals surface area (Å²) >= 11 is 0. The Kier molecular flexibility index (Phi) is 4.18. The highest BCUT2D eigenvalue weighted by atomic mass is 16.6. The number of nitrogen functional groups attached to an aromatic ring is 1. The van der Waals surface area contributed by atoms with E-state index in [-0.39, 0.29) is 22.8 Å². The van der Waals surface area contributed by atoms with Crippen molar-refractivity contribution in [3.05, 3.63) is 63.7 Å². The van der Waals surface area contributed by atoms with Crippen molar-refractivity contribution in [2.75, 3.05) is 11.1 Å². The number of nitro groups is 1. The van der Waals surface area contributed by atoms with E-state index in [1.165, 1.54) is 18.2 Å². The number of nitrogens with two attached hydrogens (primary N) is 1. The van der Waals surface area contributed by atoms with Gasteiger partial charge < -0.3 is 11.1 Å². The number of aryl methyl sites for hydroxylation is 1. The zero-order chi connectivity index (χ0) is 15.4. The second-order valence-electron chi connectivity index (χ2n) is 4.54. The molecule has 0 aliphatic heterocycles. The van der Waals surface area contributed by atoms with Crippen molar-refractivity contribution in [1.29, 1.82) is 0 Å². The molecular weight excluding hydrogens is 270 g/mol. The van der Waals surface area contributed by atoms with E-state index in [0.29, 0.717) is 5.69 Å². The second-order valence-corrected chi connectivity index (χ2v) is 4.54. The normalized spacial score (nSPS) is 10.1. The van der Waals surface area contributed by atoms with E-state index in [1.807, 2.05) is 25.1 Å². The van der Waals surface area contributed by atoms with Gasteiger partial charge in [0.2, 0.25) is 0 Å². The first-order valence-corrected chi connectivity index (χ1v) is 6.45. The minimum Gasteiger partial charge on any atom is -0.393 e. The summed E-state index contributed by atoms with van der Waals surface area (Å²) in [6.07, 6.45) is 0.869. The summed E-state index contributed by atoms with van der Waals surface area (Å²) in [6, 6.07) is 11.4. The lowest BCUT2D eigenvalue weighted by atomic mass is 10.1. The third-order valence-corrected chi connectivity index (χ3v) is 3.08. The van der Waals surface area contributed by atoms with E-state index in [4.69, 9.17) is 5.73 Å². The van der Waals surface area contributed by atoms with Crippen LogP contribution in [0.15, 0.2) is 42.5 Å². The standard InChI is InChI=1S/C15H15N3O3/c1-2-10-4-3-5-12(8-10)17-15(19)11-6-7-14(18(20)21)13(16)9-11/h3-9H,2,16H2,1H3,(H,17,19). The molecule has 21 heavy (non-hydrogen) atoms. The van der Waals surface area contributed by atoms with Crippen LogP contribution in [0, 0.1) is 10.1 Å². The highest BCUT2D eigenvalue weighted by Gasteiger charge is 2.14. The predicted octanol–water partition coefficient (Wildman–Crippen LogP) is 2.99. The summed E-state index contributed by atoms with van der Waals surface area (Å²) in [7, 11) is 0. The van der Waals surface area contributed by atoms with Gasteiger partial charge >= 0.3 is 0 Å². The first-order chi connectivity index (χ1) is 10.0. The SMILES string of the molecule is CCc1cccc(NC(=O)c2ccc([N+](=O)[O-])c(N)c2)c1. The summed E-state index contributed by atoms with van der Waals surface area (Å²) in [6.45, 7) is 2.03. The summed E-state index contributed by atoms with van der Waals surface area (Å²) in [5, 5.41) is 13.4. The number of anilines is 2. The van der Waals surface area contributed by atoms with Crippen molar-refractivity contribution >= 4 is 23.0 Å². The number of hydrogen-bond donors (Lipinski definition) is 2. The minimum atomic E-state index is -0.582. The molecule has 0 bridgehead atoms. The van der Waals surface area contributed by atoms with Crippen molar-refractivity contribution in [3.63, 3.8) is 0 Å². The first kappa shape index (κ1) is 14.5. The molecule has 2 aromatic carbocycles. The maximum Gasteiger partial charge on any atom is 0.292 e. The van der Waals surface area contributed by atoms with Gasteiger partial charge in [0.25, 0.3) is 11.6 Å². The van der Waals surface area contributed by atoms with Gasteiger partial charge in [0.05, 0.1) is 4.92 Å². The van der Waals surface area contributed by atoms with E-state index in [1.54, 1.807) is 6.07 Å². The fourth-order valence-corrected chi connectivity index (χ4v) is 1.93. The molecule has 6 nitrogen and oxygen atoms in total. The molecule has 0 aliphatic rings. The Bertz CT molecular complexity index is 698. The molecular formula is C15H15N3O3. The highest BCUT2D eigenvalue weighted by molar-refractivity contribution is 6.05. The molecule has 0 aliphatic carbocycles. The van der Waals surface area contributed by atoms with Crippen LogP contribution in [-0.2, 0) is 6.42 Å². The van der Waals surface area contributed by atoms with E-state index in [9.17, 15) is 14.9 Å². The van der Waals surface area contributed by atoms with Gasteiger partial charge in [-0.05, 0) is 36.2 Å². The molecule has 0 unspecified atom stereocenters. The van der Waals surface area contributed by atoms with Gasteiger partial charge in [-0.15, -0.1) is 0 Å². The monoisotopic (exact) mass is 285 g/mol. The molecule has 0 radical (unpaired) electrons. The Morgan fingerprint density at radius 3 is 2.67 bits per heavy atom. The van der Waals surface area contributed by atoms with Crippen LogP contribution in [-0.4, -0.2) is 10.8 Å². The third kappa shape index (κ3) is 3.36. The lowest BCUT2D eigenvalue weighted by Gasteiger charge is -2.07. The van der Waals surface area contributed by atoms with Gasteiger partial charge in [-0.25, -0.2) is 0 Å². The van der Waals surface area contributed by atoms with Crippen LogP contribution in [0.4, 0.5) is 17.1 Å². The Balaban J connectivity index is 2.20. The molecule has 0 saturated heterocycles. The Hall–Kier alpha value is -2.89. The number of carbonyl (C=O) groups excluding carboxylic acids is 1. The molecule has 6 heteroatoms. The molecule has 0 spiro atoms. The van der Waals surface area contributed by atoms with Crippen molar-refractivity contribution in [2.24, 2.45) is 0 Å². The van der Waals surface area contributed by atoms with Gasteiger partial charge in [-0.1, -0.05) is 19.1 Å². The first-order valence-electron chi connectivity index (χ1n) is 6.45. The number of carbonyl (C=O) groups is 1. The number of nitrogens with zero attached hydrogens (tertiary/aromatic N) is 1. The fraction of sp³-hybridized carbons (Fsp3) is 0.133. The largest absolute Gasteiger partial charge is 0.393 e. The molecule has 108 valence electrons. The summed E-state index contributed by atoms with van der Waals surface area (Å²) in [4.78, 5) is 22.2. The van der Waals surface area contributed by atoms with Gasteiger partial charge in [-0.3, -0.25) is 14.9 Å². The quantitative estimate of drug-likeness (QED) is 0.512. The molecule has 3 N–H and O–H groups in total. The van der Waals surface area contributed by atoms with E-state index >= 15 is 0 Å². The average Bonchev–Trinajstić information content (AvgIpc) is 2.46. The number of rotatable bonds is 4. The molecule has 2 aromatic rings. The van der Waals surface area contributed by atoms with Crippen LogP contribution < -0.4 is 11.1 Å². The minimum absolute atomic E-state index is 0.0324. The van der Waals surface area contributed by atoms with Crippen molar-refractivity contribution in [3.8, 4) is 0 Å². The van der Waals surface area contributed by atoms with Gasteiger partial charge in [0.1, 0.15) is 5.69 Å². The highest BCUT2D eigenvalue weighted by Crippen LogP contribution is 2.22. The molecule has 1 amide bonds. The summed E-state index contributed by atoms with van der Waals surface area (Å²) < 4.78 is 0. The molecule has 0 aromatic heterocycles. The van der Waals surface area contributed by atoms with Crippen molar-refractivity contribution in [1.82, 2.24) is 0 Å². The lowest BCUT2D eigenvalue weighted by Crippen LogP contribution is -2.12. The fourth-order valence-electron chi connectivity index (χ4n) is 1.93. The van der Waals surface area contributed by atoms with Crippen LogP contribution >= 0.6 is 0 Å². The Labute approximate surface area is 121 Å². The van der Waals surface area contributed by atoms with Gasteiger partial charge in [0.15, 0.2) is 0 Å². The average molecular weight is 285 g/mol. The van der Waals surface area contributed by atoms with Crippen molar-refractivity contribution < 1.29 is 9.72 Å². The smallest absolute Gasteiger partial charge is 0.292 e. The van der Waals surface area contributed by atoms with Crippen LogP contribution in [0.5, 0.6) is 0 Å². The maximum atomic E-state index is 12.1. The van der Waals surface area contributed by atoms with Crippen LogP contribution in [0.1, 0.15) is 22.8 Å². The topological polar surface area (TPSA) is 98.3 Å². The lowest BCUT2D eigenvalue weighted by molar-refractivity contribution is -0.383. The second kappa shape index (κ2) is 6.04. The van der Waals surface area contributed by atoms with Crippen molar-refractivity contribution in [2.45, 2.75) is 13.3 Å². The Morgan fingerprint density at radius 1 is 1.29 bits per heavy atom. The van der Waals surface area contributed by atoms with E-state index in [2.05, 4.69) is 5.32 Å².